The van der Waals surface area contributed by atoms with Gasteiger partial charge in [-0.15, -0.1) is 0 Å². The number of amides is 1. The second kappa shape index (κ2) is 4.06. The van der Waals surface area contributed by atoms with Crippen LogP contribution in [0.15, 0.2) is 12.2 Å². The van der Waals surface area contributed by atoms with Crippen LogP contribution in [0.1, 0.15) is 6.92 Å². The van der Waals surface area contributed by atoms with Crippen molar-refractivity contribution in [1.82, 2.24) is 5.32 Å². The zero-order chi connectivity index (χ0) is 8.15. The molecule has 0 aliphatic heterocycles. The average molecular weight is 141 g/mol. The van der Waals surface area contributed by atoms with Gasteiger partial charge in [-0.05, 0) is 13.8 Å². The molecule has 0 saturated carbocycles. The highest BCUT2D eigenvalue weighted by Crippen LogP contribution is 1.84. The molecule has 0 saturated heterocycles. The van der Waals surface area contributed by atoms with Crippen LogP contribution < -0.4 is 11.1 Å². The number of carbonyl (C=O) groups is 1. The monoisotopic (exact) mass is 141 g/mol. The highest BCUT2D eigenvalue weighted by atomic mass is 16.1. The second-order valence-corrected chi connectivity index (χ2v) is 2.25. The van der Waals surface area contributed by atoms with Crippen molar-refractivity contribution in [2.75, 3.05) is 6.54 Å². The van der Waals surface area contributed by atoms with E-state index in [-0.39, 0.29) is 11.9 Å². The summed E-state index contributed by atoms with van der Waals surface area (Å²) in [6, 6.07) is -0.247. The first-order chi connectivity index (χ1) is 4.54. The van der Waals surface area contributed by atoms with Crippen molar-refractivity contribution in [1.29, 1.82) is 0 Å². The summed E-state index contributed by atoms with van der Waals surface area (Å²) in [6.07, 6.45) is 0. The summed E-state index contributed by atoms with van der Waals surface area (Å²) in [6.45, 7) is 9.00. The first kappa shape index (κ1) is 9.17. The Morgan fingerprint density at radius 1 is 1.80 bits per heavy atom. The van der Waals surface area contributed by atoms with Gasteiger partial charge in [0.05, 0.1) is 0 Å². The van der Waals surface area contributed by atoms with Crippen LogP contribution >= 0.6 is 0 Å². The van der Waals surface area contributed by atoms with Gasteiger partial charge in [-0.25, -0.2) is 0 Å². The third-order valence-corrected chi connectivity index (χ3v) is 0.912. The Labute approximate surface area is 61.3 Å². The Morgan fingerprint density at radius 3 is 2.60 bits per heavy atom. The number of carbonyl (C=O) groups excluding carboxylic acids is 1. The minimum absolute atomic E-state index is 0.167. The molecule has 57 valence electrons. The molecule has 10 heavy (non-hydrogen) atoms. The third kappa shape index (κ3) is 4.09. The van der Waals surface area contributed by atoms with Crippen molar-refractivity contribution in [2.45, 2.75) is 13.0 Å². The number of nitrogens with two attached hydrogens (primary N) is 1. The maximum absolute atomic E-state index is 10.8. The molecule has 0 aliphatic rings. The van der Waals surface area contributed by atoms with Gasteiger partial charge in [0, 0.05) is 18.2 Å². The minimum atomic E-state index is -0.247. The van der Waals surface area contributed by atoms with E-state index in [2.05, 4.69) is 18.8 Å². The van der Waals surface area contributed by atoms with Gasteiger partial charge in [-0.3, -0.25) is 4.79 Å². The normalized spacial score (nSPS) is 12.3. The summed E-state index contributed by atoms with van der Waals surface area (Å²) in [7, 11) is 0. The highest BCUT2D eigenvalue weighted by Gasteiger charge is 2.00. The zero-order valence-corrected chi connectivity index (χ0v) is 6.18. The van der Waals surface area contributed by atoms with Crippen LogP contribution in [0.3, 0.4) is 0 Å². The van der Waals surface area contributed by atoms with Gasteiger partial charge in [-0.2, -0.15) is 0 Å². The number of hydrogen-bond donors (Lipinski definition) is 2. The maximum Gasteiger partial charge on any atom is 0.246 e. The Morgan fingerprint density at radius 2 is 2.30 bits per heavy atom. The summed E-state index contributed by atoms with van der Waals surface area (Å²) in [5, 5.41) is 2.56. The lowest BCUT2D eigenvalue weighted by atomic mass is 10.3. The third-order valence-electron chi connectivity index (χ3n) is 0.912. The van der Waals surface area contributed by atoms with E-state index in [0.717, 1.165) is 0 Å². The van der Waals surface area contributed by atoms with Crippen LogP contribution in [0.4, 0.5) is 0 Å². The molecule has 0 fully saturated rings. The van der Waals surface area contributed by atoms with Gasteiger partial charge < -0.3 is 11.1 Å². The van der Waals surface area contributed by atoms with Gasteiger partial charge in [0.15, 0.2) is 0 Å². The molecular weight excluding hydrogens is 128 g/mol. The molecule has 0 rings (SSSR count). The molecule has 1 radical (unpaired) electrons. The molecule has 0 aliphatic carbocycles. The van der Waals surface area contributed by atoms with Crippen LogP contribution in [0.5, 0.6) is 0 Å². The summed E-state index contributed by atoms with van der Waals surface area (Å²) in [4.78, 5) is 10.8. The van der Waals surface area contributed by atoms with E-state index in [4.69, 9.17) is 5.73 Å². The second-order valence-electron chi connectivity index (χ2n) is 2.25. The fraction of sp³-hybridized carbons (Fsp3) is 0.429. The molecular formula is C7H13N2O. The molecule has 0 aromatic heterocycles. The molecule has 1 amide bonds. The van der Waals surface area contributed by atoms with E-state index >= 15 is 0 Å². The zero-order valence-electron chi connectivity index (χ0n) is 6.18. The smallest absolute Gasteiger partial charge is 0.246 e. The van der Waals surface area contributed by atoms with E-state index in [1.165, 1.54) is 0 Å². The van der Waals surface area contributed by atoms with Gasteiger partial charge in [0.1, 0.15) is 0 Å². The molecule has 0 heterocycles. The standard InChI is InChI=1S/C7H13N2O/c1-5(2)7(10)9-4-6(3)8/h6H,1,3-4,8H2,2H3,(H,9,10). The molecule has 0 spiro atoms. The molecule has 1 atom stereocenters. The number of nitrogens with one attached hydrogen (secondary N) is 1. The van der Waals surface area contributed by atoms with Gasteiger partial charge in [-0.1, -0.05) is 6.58 Å². The molecule has 0 bridgehead atoms. The highest BCUT2D eigenvalue weighted by molar-refractivity contribution is 5.92. The van der Waals surface area contributed by atoms with Crippen LogP contribution in [-0.2, 0) is 4.79 Å². The van der Waals surface area contributed by atoms with E-state index in [1.807, 2.05) is 0 Å². The van der Waals surface area contributed by atoms with Gasteiger partial charge >= 0.3 is 0 Å². The lowest BCUT2D eigenvalue weighted by molar-refractivity contribution is -0.117. The number of rotatable bonds is 3. The van der Waals surface area contributed by atoms with Crippen LogP contribution in [-0.4, -0.2) is 18.5 Å². The van der Waals surface area contributed by atoms with Crippen LogP contribution in [0.25, 0.3) is 0 Å². The Hall–Kier alpha value is -0.830. The Balaban J connectivity index is 3.50. The first-order valence-electron chi connectivity index (χ1n) is 3.06. The van der Waals surface area contributed by atoms with Crippen LogP contribution in [0, 0.1) is 6.92 Å². The largest absolute Gasteiger partial charge is 0.351 e. The lowest BCUT2D eigenvalue weighted by Crippen LogP contribution is -2.35. The molecule has 3 N–H and O–H groups in total. The molecule has 1 unspecified atom stereocenters. The van der Waals surface area contributed by atoms with E-state index < -0.39 is 0 Å². The van der Waals surface area contributed by atoms with Crippen molar-refractivity contribution in [3.8, 4) is 0 Å². The SMILES string of the molecule is [CH2]C(N)CNC(=O)C(=C)C. The predicted octanol–water partition coefficient (Wildman–Crippen LogP) is -0.160. The summed E-state index contributed by atoms with van der Waals surface area (Å²) in [5.41, 5.74) is 5.77. The van der Waals surface area contributed by atoms with Crippen molar-refractivity contribution in [3.05, 3.63) is 19.1 Å². The van der Waals surface area contributed by atoms with Crippen molar-refractivity contribution in [2.24, 2.45) is 5.73 Å². The van der Waals surface area contributed by atoms with E-state index in [0.29, 0.717) is 12.1 Å². The summed E-state index contributed by atoms with van der Waals surface area (Å²) < 4.78 is 0. The van der Waals surface area contributed by atoms with Gasteiger partial charge in [0.2, 0.25) is 5.91 Å². The number of hydrogen-bond acceptors (Lipinski definition) is 2. The van der Waals surface area contributed by atoms with E-state index in [1.54, 1.807) is 6.92 Å². The average Bonchev–Trinajstić information content (AvgIpc) is 1.82. The fourth-order valence-corrected chi connectivity index (χ4v) is 0.375. The van der Waals surface area contributed by atoms with E-state index in [9.17, 15) is 4.79 Å². The fourth-order valence-electron chi connectivity index (χ4n) is 0.375. The topological polar surface area (TPSA) is 55.1 Å². The maximum atomic E-state index is 10.8. The van der Waals surface area contributed by atoms with Crippen molar-refractivity contribution >= 4 is 5.91 Å². The summed E-state index contributed by atoms with van der Waals surface area (Å²) in [5.74, 6) is -0.167. The quantitative estimate of drug-likeness (QED) is 0.536. The Bertz CT molecular complexity index is 141. The molecule has 0 aromatic carbocycles. The molecule has 0 aromatic rings. The summed E-state index contributed by atoms with van der Waals surface area (Å²) >= 11 is 0. The van der Waals surface area contributed by atoms with Crippen molar-refractivity contribution < 1.29 is 4.79 Å². The predicted molar refractivity (Wildman–Crippen MR) is 41.2 cm³/mol. The lowest BCUT2D eigenvalue weighted by Gasteiger charge is -2.06. The minimum Gasteiger partial charge on any atom is -0.351 e. The molecule has 3 heteroatoms. The Kier molecular flexibility index (Phi) is 3.72. The van der Waals surface area contributed by atoms with Gasteiger partial charge in [0.25, 0.3) is 0 Å². The van der Waals surface area contributed by atoms with Crippen molar-refractivity contribution in [3.63, 3.8) is 0 Å². The van der Waals surface area contributed by atoms with Crippen LogP contribution in [0.2, 0.25) is 0 Å². The molecule has 3 nitrogen and oxygen atoms in total. The first-order valence-corrected chi connectivity index (χ1v) is 3.06.